The summed E-state index contributed by atoms with van der Waals surface area (Å²) in [4.78, 5) is 2.16. The number of nitrogens with zero attached hydrogens (tertiary/aromatic N) is 3. The fourth-order valence-corrected chi connectivity index (χ4v) is 2.58. The van der Waals surface area contributed by atoms with Gasteiger partial charge in [-0.1, -0.05) is 90.1 Å². The maximum absolute atomic E-state index is 8.88. The lowest BCUT2D eigenvalue weighted by Crippen LogP contribution is -2.09. The molecule has 0 saturated heterocycles. The van der Waals surface area contributed by atoms with Gasteiger partial charge in [0, 0.05) is 17.1 Å². The van der Waals surface area contributed by atoms with Crippen LogP contribution in [0.2, 0.25) is 0 Å². The van der Waals surface area contributed by atoms with Gasteiger partial charge < -0.3 is 4.90 Å². The van der Waals surface area contributed by atoms with Gasteiger partial charge in [0.1, 0.15) is 17.7 Å². The number of benzene rings is 3. The molecular weight excluding hydrogens is 378 g/mol. The van der Waals surface area contributed by atoms with E-state index in [0.717, 1.165) is 22.6 Å². The first-order valence-corrected chi connectivity index (χ1v) is 10.8. The van der Waals surface area contributed by atoms with Crippen LogP contribution in [-0.4, -0.2) is 0 Å². The van der Waals surface area contributed by atoms with Crippen molar-refractivity contribution in [3.8, 4) is 12.1 Å². The summed E-state index contributed by atoms with van der Waals surface area (Å²) >= 11 is 0. The predicted molar refractivity (Wildman–Crippen MR) is 134 cm³/mol. The van der Waals surface area contributed by atoms with Crippen LogP contribution in [0.1, 0.15) is 47.1 Å². The molecule has 0 N–H and O–H groups in total. The molecule has 0 fully saturated rings. The highest BCUT2D eigenvalue weighted by Gasteiger charge is 2.11. The van der Waals surface area contributed by atoms with Crippen molar-refractivity contribution in [1.29, 1.82) is 10.5 Å². The number of hydrogen-bond donors (Lipinski definition) is 0. The molecule has 0 aliphatic rings. The van der Waals surface area contributed by atoms with Gasteiger partial charge in [-0.15, -0.1) is 0 Å². The Morgan fingerprint density at radius 2 is 0.935 bits per heavy atom. The first-order chi connectivity index (χ1) is 15.3. The van der Waals surface area contributed by atoms with E-state index in [4.69, 9.17) is 10.5 Å². The highest BCUT2D eigenvalue weighted by atomic mass is 15.1. The van der Waals surface area contributed by atoms with Crippen molar-refractivity contribution in [2.75, 3.05) is 4.90 Å². The molecule has 160 valence electrons. The van der Waals surface area contributed by atoms with E-state index < -0.39 is 0 Å². The molecule has 0 atom stereocenters. The second kappa shape index (κ2) is 17.1. The van der Waals surface area contributed by atoms with Gasteiger partial charge in [-0.2, -0.15) is 10.5 Å². The molecule has 0 heterocycles. The number of para-hydroxylation sites is 2. The Morgan fingerprint density at radius 3 is 1.29 bits per heavy atom. The standard InChI is InChI=1S/C22H15N3.3C2H6/c23-16-19(17-24)15-18-11-13-22(14-12-18)25(20-7-3-1-4-8-20)21-9-5-2-6-10-21;3*1-2/h1-15H;3*1-2H3. The van der Waals surface area contributed by atoms with Gasteiger partial charge in [0.05, 0.1) is 0 Å². The summed E-state index contributed by atoms with van der Waals surface area (Å²) in [6.45, 7) is 12.0. The third-order valence-electron chi connectivity index (χ3n) is 3.73. The van der Waals surface area contributed by atoms with E-state index in [9.17, 15) is 0 Å². The SMILES string of the molecule is CC.CC.CC.N#CC(C#N)=Cc1ccc(N(c2ccccc2)c2ccccc2)cc1. The average Bonchev–Trinajstić information content (AvgIpc) is 2.88. The van der Waals surface area contributed by atoms with Crippen LogP contribution in [0.4, 0.5) is 17.1 Å². The summed E-state index contributed by atoms with van der Waals surface area (Å²) in [7, 11) is 0. The highest BCUT2D eigenvalue weighted by molar-refractivity contribution is 5.77. The zero-order chi connectivity index (χ0) is 23.5. The molecule has 0 bridgehead atoms. The molecule has 0 saturated carbocycles. The molecule has 3 aromatic carbocycles. The van der Waals surface area contributed by atoms with E-state index in [0.29, 0.717) is 0 Å². The molecule has 0 spiro atoms. The monoisotopic (exact) mass is 411 g/mol. The first-order valence-electron chi connectivity index (χ1n) is 10.8. The highest BCUT2D eigenvalue weighted by Crippen LogP contribution is 2.34. The van der Waals surface area contributed by atoms with Crippen LogP contribution >= 0.6 is 0 Å². The van der Waals surface area contributed by atoms with Crippen molar-refractivity contribution >= 4 is 23.1 Å². The van der Waals surface area contributed by atoms with Crippen molar-refractivity contribution in [3.63, 3.8) is 0 Å². The number of anilines is 3. The Kier molecular flexibility index (Phi) is 15.0. The van der Waals surface area contributed by atoms with Crippen LogP contribution < -0.4 is 4.90 Å². The number of hydrogen-bond acceptors (Lipinski definition) is 3. The van der Waals surface area contributed by atoms with Crippen molar-refractivity contribution < 1.29 is 0 Å². The molecule has 31 heavy (non-hydrogen) atoms. The van der Waals surface area contributed by atoms with Crippen molar-refractivity contribution in [2.45, 2.75) is 41.5 Å². The lowest BCUT2D eigenvalue weighted by atomic mass is 10.1. The van der Waals surface area contributed by atoms with E-state index in [-0.39, 0.29) is 5.57 Å². The smallest absolute Gasteiger partial charge is 0.130 e. The van der Waals surface area contributed by atoms with Crippen LogP contribution in [-0.2, 0) is 0 Å². The van der Waals surface area contributed by atoms with Crippen LogP contribution in [0.5, 0.6) is 0 Å². The summed E-state index contributed by atoms with van der Waals surface area (Å²) in [5.74, 6) is 0. The van der Waals surface area contributed by atoms with Crippen molar-refractivity contribution in [2.24, 2.45) is 0 Å². The zero-order valence-corrected chi connectivity index (χ0v) is 19.5. The first kappa shape index (κ1) is 27.2. The largest absolute Gasteiger partial charge is 0.311 e. The summed E-state index contributed by atoms with van der Waals surface area (Å²) in [6, 6.07) is 31.8. The van der Waals surface area contributed by atoms with E-state index in [1.165, 1.54) is 0 Å². The molecular formula is C28H33N3. The van der Waals surface area contributed by atoms with Gasteiger partial charge in [-0.05, 0) is 48.0 Å². The molecule has 0 aromatic heterocycles. The molecule has 0 aliphatic carbocycles. The minimum atomic E-state index is 0.0933. The van der Waals surface area contributed by atoms with Crippen LogP contribution in [0.15, 0.2) is 90.5 Å². The quantitative estimate of drug-likeness (QED) is 0.403. The maximum atomic E-state index is 8.88. The minimum Gasteiger partial charge on any atom is -0.311 e. The number of rotatable bonds is 4. The van der Waals surface area contributed by atoms with Gasteiger partial charge in [0.2, 0.25) is 0 Å². The molecule has 0 amide bonds. The number of allylic oxidation sites excluding steroid dienone is 1. The Labute approximate surface area is 188 Å². The average molecular weight is 412 g/mol. The third kappa shape index (κ3) is 8.60. The summed E-state index contributed by atoms with van der Waals surface area (Å²) < 4.78 is 0. The molecule has 3 aromatic rings. The molecule has 3 rings (SSSR count). The van der Waals surface area contributed by atoms with Crippen LogP contribution in [0.3, 0.4) is 0 Å². The fraction of sp³-hybridized carbons (Fsp3) is 0.214. The van der Waals surface area contributed by atoms with Gasteiger partial charge in [-0.25, -0.2) is 0 Å². The summed E-state index contributed by atoms with van der Waals surface area (Å²) in [5.41, 5.74) is 4.04. The van der Waals surface area contributed by atoms with Gasteiger partial charge in [-0.3, -0.25) is 0 Å². The molecule has 0 radical (unpaired) electrons. The van der Waals surface area contributed by atoms with Gasteiger partial charge in [0.25, 0.3) is 0 Å². The fourth-order valence-electron chi connectivity index (χ4n) is 2.58. The topological polar surface area (TPSA) is 50.8 Å². The van der Waals surface area contributed by atoms with E-state index in [1.54, 1.807) is 6.08 Å². The summed E-state index contributed by atoms with van der Waals surface area (Å²) in [6.07, 6.45) is 1.58. The summed E-state index contributed by atoms with van der Waals surface area (Å²) in [5, 5.41) is 17.8. The Hall–Kier alpha value is -3.82. The maximum Gasteiger partial charge on any atom is 0.130 e. The van der Waals surface area contributed by atoms with Crippen LogP contribution in [0.25, 0.3) is 6.08 Å². The Bertz CT molecular complexity index is 890. The third-order valence-corrected chi connectivity index (χ3v) is 3.73. The predicted octanol–water partition coefficient (Wildman–Crippen LogP) is 8.67. The van der Waals surface area contributed by atoms with E-state index >= 15 is 0 Å². The lowest BCUT2D eigenvalue weighted by molar-refractivity contribution is 1.28. The minimum absolute atomic E-state index is 0.0933. The van der Waals surface area contributed by atoms with Crippen molar-refractivity contribution in [3.05, 3.63) is 96.1 Å². The van der Waals surface area contributed by atoms with Crippen LogP contribution in [0, 0.1) is 22.7 Å². The lowest BCUT2D eigenvalue weighted by Gasteiger charge is -2.25. The second-order valence-electron chi connectivity index (χ2n) is 5.38. The second-order valence-corrected chi connectivity index (χ2v) is 5.38. The normalized spacial score (nSPS) is 8.26. The Morgan fingerprint density at radius 1 is 0.581 bits per heavy atom. The Balaban J connectivity index is 0.00000138. The van der Waals surface area contributed by atoms with Crippen molar-refractivity contribution in [1.82, 2.24) is 0 Å². The molecule has 3 nitrogen and oxygen atoms in total. The zero-order valence-electron chi connectivity index (χ0n) is 19.5. The van der Waals surface area contributed by atoms with E-state index in [1.807, 2.05) is 114 Å². The van der Waals surface area contributed by atoms with Gasteiger partial charge in [0.15, 0.2) is 0 Å². The molecule has 3 heteroatoms. The number of nitriles is 2. The molecule has 0 unspecified atom stereocenters. The van der Waals surface area contributed by atoms with Gasteiger partial charge >= 0.3 is 0 Å². The molecule has 0 aliphatic heterocycles. The van der Waals surface area contributed by atoms with E-state index in [2.05, 4.69) is 29.2 Å².